The molecule has 0 fully saturated rings. The molecule has 0 bridgehead atoms. The van der Waals surface area contributed by atoms with Crippen LogP contribution in [0.3, 0.4) is 0 Å². The molecule has 0 radical (unpaired) electrons. The summed E-state index contributed by atoms with van der Waals surface area (Å²) in [6.45, 7) is 1.54. The highest BCUT2D eigenvalue weighted by atomic mass is 16.5. The Balaban J connectivity index is 1.33. The van der Waals surface area contributed by atoms with Crippen LogP contribution in [0.15, 0.2) is 72.6 Å². The summed E-state index contributed by atoms with van der Waals surface area (Å²) >= 11 is 0. The zero-order valence-electron chi connectivity index (χ0n) is 17.1. The third-order valence-corrected chi connectivity index (χ3v) is 4.86. The zero-order valence-corrected chi connectivity index (χ0v) is 17.1. The standard InChI is InChI=1S/C25H26N4O/c1-29-16-5-8-24(29)13-12-23-19-22(27-28-23)11-10-20-6-4-9-25(18-20)30-17-14-21-7-2-3-15-26-21/h2-13,16,18-19,26H,14-15,17H2,1H3,(H,27,28)/b11-10+,13-12+. The average Bonchev–Trinajstić information content (AvgIpc) is 3.40. The van der Waals surface area contributed by atoms with Gasteiger partial charge in [-0.3, -0.25) is 5.10 Å². The first kappa shape index (κ1) is 19.6. The van der Waals surface area contributed by atoms with Crippen LogP contribution >= 0.6 is 0 Å². The predicted octanol–water partition coefficient (Wildman–Crippen LogP) is 4.90. The number of nitrogens with zero attached hydrogens (tertiary/aromatic N) is 2. The number of aryl methyl sites for hydroxylation is 1. The first-order chi connectivity index (χ1) is 14.8. The van der Waals surface area contributed by atoms with Crippen molar-refractivity contribution < 1.29 is 4.74 Å². The highest BCUT2D eigenvalue weighted by molar-refractivity contribution is 5.71. The number of ether oxygens (including phenoxy) is 1. The van der Waals surface area contributed by atoms with E-state index in [1.165, 1.54) is 5.70 Å². The lowest BCUT2D eigenvalue weighted by Gasteiger charge is -2.12. The van der Waals surface area contributed by atoms with Crippen LogP contribution in [-0.4, -0.2) is 27.9 Å². The van der Waals surface area contributed by atoms with Gasteiger partial charge in [-0.05, 0) is 60.2 Å². The second-order valence-electron chi connectivity index (χ2n) is 7.13. The molecule has 0 atom stereocenters. The van der Waals surface area contributed by atoms with Crippen LogP contribution in [0.25, 0.3) is 24.3 Å². The average molecular weight is 399 g/mol. The Morgan fingerprint density at radius 3 is 2.90 bits per heavy atom. The van der Waals surface area contributed by atoms with Crippen molar-refractivity contribution in [2.24, 2.45) is 7.05 Å². The molecule has 1 aliphatic rings. The molecule has 2 aromatic heterocycles. The van der Waals surface area contributed by atoms with Crippen molar-refractivity contribution >= 4 is 24.3 Å². The minimum absolute atomic E-state index is 0.649. The van der Waals surface area contributed by atoms with Crippen molar-refractivity contribution in [3.05, 3.63) is 95.2 Å². The highest BCUT2D eigenvalue weighted by Crippen LogP contribution is 2.17. The van der Waals surface area contributed by atoms with Crippen molar-refractivity contribution in [3.8, 4) is 5.75 Å². The first-order valence-corrected chi connectivity index (χ1v) is 10.1. The second-order valence-corrected chi connectivity index (χ2v) is 7.13. The molecule has 3 aromatic rings. The van der Waals surface area contributed by atoms with E-state index in [1.807, 2.05) is 61.8 Å². The van der Waals surface area contributed by atoms with Gasteiger partial charge in [0.1, 0.15) is 5.75 Å². The fourth-order valence-electron chi connectivity index (χ4n) is 3.19. The molecule has 0 saturated heterocycles. The molecule has 4 rings (SSSR count). The van der Waals surface area contributed by atoms with Crippen LogP contribution < -0.4 is 10.1 Å². The molecule has 3 heterocycles. The van der Waals surface area contributed by atoms with Crippen LogP contribution in [0.1, 0.15) is 29.1 Å². The van der Waals surface area contributed by atoms with Gasteiger partial charge in [-0.15, -0.1) is 0 Å². The number of aromatic nitrogens is 3. The Hall–Kier alpha value is -3.73. The fraction of sp³-hybridized carbons (Fsp3) is 0.160. The lowest BCUT2D eigenvalue weighted by molar-refractivity contribution is 0.318. The Bertz CT molecular complexity index is 1100. The van der Waals surface area contributed by atoms with Crippen molar-refractivity contribution in [1.82, 2.24) is 20.1 Å². The van der Waals surface area contributed by atoms with E-state index in [9.17, 15) is 0 Å². The van der Waals surface area contributed by atoms with Crippen LogP contribution in [0, 0.1) is 0 Å². The summed E-state index contributed by atoms with van der Waals surface area (Å²) < 4.78 is 7.98. The summed E-state index contributed by atoms with van der Waals surface area (Å²) in [5.41, 5.74) is 5.29. The quantitative estimate of drug-likeness (QED) is 0.567. The van der Waals surface area contributed by atoms with E-state index in [2.05, 4.69) is 56.5 Å². The molecule has 5 heteroatoms. The molecule has 1 aliphatic heterocycles. The Morgan fingerprint density at radius 2 is 2.07 bits per heavy atom. The number of rotatable bonds is 8. The third kappa shape index (κ3) is 5.41. The number of hydrogen-bond acceptors (Lipinski definition) is 3. The van der Waals surface area contributed by atoms with Crippen molar-refractivity contribution in [3.63, 3.8) is 0 Å². The summed E-state index contributed by atoms with van der Waals surface area (Å²) in [6, 6.07) is 14.2. The van der Waals surface area contributed by atoms with Gasteiger partial charge in [0.25, 0.3) is 0 Å². The molecule has 0 unspecified atom stereocenters. The van der Waals surface area contributed by atoms with Gasteiger partial charge in [0, 0.05) is 37.6 Å². The summed E-state index contributed by atoms with van der Waals surface area (Å²) in [5.74, 6) is 0.873. The smallest absolute Gasteiger partial charge is 0.119 e. The van der Waals surface area contributed by atoms with Crippen molar-refractivity contribution in [2.75, 3.05) is 13.2 Å². The van der Waals surface area contributed by atoms with Gasteiger partial charge in [0.2, 0.25) is 0 Å². The number of benzene rings is 1. The van der Waals surface area contributed by atoms with E-state index in [1.54, 1.807) is 0 Å². The van der Waals surface area contributed by atoms with E-state index in [0.717, 1.165) is 41.4 Å². The van der Waals surface area contributed by atoms with E-state index < -0.39 is 0 Å². The molecule has 30 heavy (non-hydrogen) atoms. The first-order valence-electron chi connectivity index (χ1n) is 10.1. The van der Waals surface area contributed by atoms with Crippen LogP contribution in [-0.2, 0) is 7.05 Å². The fourth-order valence-corrected chi connectivity index (χ4v) is 3.19. The Kier molecular flexibility index (Phi) is 6.30. The second kappa shape index (κ2) is 9.65. The highest BCUT2D eigenvalue weighted by Gasteiger charge is 2.01. The van der Waals surface area contributed by atoms with E-state index in [0.29, 0.717) is 6.61 Å². The van der Waals surface area contributed by atoms with Crippen LogP contribution in [0.5, 0.6) is 5.75 Å². The van der Waals surface area contributed by atoms with Gasteiger partial charge < -0.3 is 14.6 Å². The largest absolute Gasteiger partial charge is 0.493 e. The minimum atomic E-state index is 0.649. The molecule has 5 nitrogen and oxygen atoms in total. The molecule has 0 saturated carbocycles. The van der Waals surface area contributed by atoms with Gasteiger partial charge in [0.05, 0.1) is 18.0 Å². The molecule has 1 aromatic carbocycles. The number of dihydropyridines is 1. The van der Waals surface area contributed by atoms with E-state index >= 15 is 0 Å². The zero-order chi connectivity index (χ0) is 20.6. The number of hydrogen-bond donors (Lipinski definition) is 2. The van der Waals surface area contributed by atoms with Gasteiger partial charge in [0.15, 0.2) is 0 Å². The SMILES string of the molecule is Cn1cccc1/C=C/c1cc(/C=C/c2cccc(OCCC3=CC=CCN3)c2)n[nH]1. The van der Waals surface area contributed by atoms with Gasteiger partial charge in [-0.2, -0.15) is 5.10 Å². The van der Waals surface area contributed by atoms with E-state index in [-0.39, 0.29) is 0 Å². The van der Waals surface area contributed by atoms with Gasteiger partial charge in [-0.1, -0.05) is 30.4 Å². The molecule has 0 aliphatic carbocycles. The maximum Gasteiger partial charge on any atom is 0.119 e. The van der Waals surface area contributed by atoms with Gasteiger partial charge in [-0.25, -0.2) is 0 Å². The van der Waals surface area contributed by atoms with Crippen molar-refractivity contribution in [1.29, 1.82) is 0 Å². The Labute approximate surface area is 177 Å². The number of aromatic amines is 1. The topological polar surface area (TPSA) is 54.9 Å². The van der Waals surface area contributed by atoms with E-state index in [4.69, 9.17) is 4.74 Å². The lowest BCUT2D eigenvalue weighted by Crippen LogP contribution is -2.17. The van der Waals surface area contributed by atoms with Crippen LogP contribution in [0.4, 0.5) is 0 Å². The summed E-state index contributed by atoms with van der Waals surface area (Å²) in [4.78, 5) is 0. The molecule has 0 amide bonds. The van der Waals surface area contributed by atoms with Gasteiger partial charge >= 0.3 is 0 Å². The number of H-pyrrole nitrogens is 1. The molecule has 0 spiro atoms. The predicted molar refractivity (Wildman–Crippen MR) is 124 cm³/mol. The van der Waals surface area contributed by atoms with Crippen LogP contribution in [0.2, 0.25) is 0 Å². The maximum atomic E-state index is 5.91. The normalized spacial score (nSPS) is 13.7. The molecular weight excluding hydrogens is 372 g/mol. The number of allylic oxidation sites excluding steroid dienone is 2. The molecule has 2 N–H and O–H groups in total. The maximum absolute atomic E-state index is 5.91. The molecular formula is C25H26N4O. The Morgan fingerprint density at radius 1 is 1.10 bits per heavy atom. The number of nitrogens with one attached hydrogen (secondary N) is 2. The summed E-state index contributed by atoms with van der Waals surface area (Å²) in [7, 11) is 2.03. The lowest BCUT2D eigenvalue weighted by atomic mass is 10.2. The summed E-state index contributed by atoms with van der Waals surface area (Å²) in [6.07, 6.45) is 17.3. The third-order valence-electron chi connectivity index (χ3n) is 4.86. The minimum Gasteiger partial charge on any atom is -0.493 e. The summed E-state index contributed by atoms with van der Waals surface area (Å²) in [5, 5.41) is 10.8. The molecule has 152 valence electrons. The monoisotopic (exact) mass is 398 g/mol. The van der Waals surface area contributed by atoms with Crippen molar-refractivity contribution in [2.45, 2.75) is 6.42 Å².